The Balaban J connectivity index is 2.74. The summed E-state index contributed by atoms with van der Waals surface area (Å²) in [4.78, 5) is 22.6. The van der Waals surface area contributed by atoms with E-state index in [0.717, 1.165) is 12.8 Å². The SMILES string of the molecule is CCC(C)(CC)NC(=O)Nc1ccccc1OCC(=O)O. The number of carbonyl (C=O) groups is 2. The summed E-state index contributed by atoms with van der Waals surface area (Å²) in [5.74, 6) is -0.747. The van der Waals surface area contributed by atoms with Crippen molar-refractivity contribution < 1.29 is 19.4 Å². The van der Waals surface area contributed by atoms with Crippen LogP contribution in [-0.2, 0) is 4.79 Å². The molecule has 0 saturated carbocycles. The van der Waals surface area contributed by atoms with Crippen LogP contribution in [0.1, 0.15) is 33.6 Å². The van der Waals surface area contributed by atoms with Crippen LogP contribution in [0.15, 0.2) is 24.3 Å². The van der Waals surface area contributed by atoms with Crippen molar-refractivity contribution in [3.63, 3.8) is 0 Å². The third-order valence-electron chi connectivity index (χ3n) is 3.46. The van der Waals surface area contributed by atoms with Crippen molar-refractivity contribution in [3.05, 3.63) is 24.3 Å². The molecule has 0 spiro atoms. The summed E-state index contributed by atoms with van der Waals surface area (Å²) in [5.41, 5.74) is 0.159. The summed E-state index contributed by atoms with van der Waals surface area (Å²) in [5, 5.41) is 14.2. The molecule has 0 radical (unpaired) electrons. The Labute approximate surface area is 124 Å². The van der Waals surface area contributed by atoms with E-state index in [9.17, 15) is 9.59 Å². The van der Waals surface area contributed by atoms with Crippen molar-refractivity contribution in [2.45, 2.75) is 39.2 Å². The molecule has 0 atom stereocenters. The molecule has 0 heterocycles. The van der Waals surface area contributed by atoms with Crippen LogP contribution >= 0.6 is 0 Å². The van der Waals surface area contributed by atoms with Gasteiger partial charge in [-0.3, -0.25) is 0 Å². The zero-order valence-electron chi connectivity index (χ0n) is 12.6. The smallest absolute Gasteiger partial charge is 0.341 e. The first-order valence-corrected chi connectivity index (χ1v) is 6.93. The molecule has 0 bridgehead atoms. The molecule has 2 amide bonds. The minimum Gasteiger partial charge on any atom is -0.480 e. The van der Waals surface area contributed by atoms with Crippen molar-refractivity contribution >= 4 is 17.7 Å². The van der Waals surface area contributed by atoms with Gasteiger partial charge in [0.2, 0.25) is 0 Å². The Morgan fingerprint density at radius 3 is 2.43 bits per heavy atom. The minimum atomic E-state index is -1.07. The molecule has 0 aliphatic heterocycles. The van der Waals surface area contributed by atoms with E-state index in [1.165, 1.54) is 0 Å². The molecule has 0 saturated heterocycles. The highest BCUT2D eigenvalue weighted by atomic mass is 16.5. The topological polar surface area (TPSA) is 87.7 Å². The number of ether oxygens (including phenoxy) is 1. The maximum atomic E-state index is 12.0. The van der Waals surface area contributed by atoms with Gasteiger partial charge in [-0.2, -0.15) is 0 Å². The van der Waals surface area contributed by atoms with Crippen LogP contribution in [0.25, 0.3) is 0 Å². The lowest BCUT2D eigenvalue weighted by molar-refractivity contribution is -0.139. The van der Waals surface area contributed by atoms with E-state index in [4.69, 9.17) is 9.84 Å². The number of carboxylic acid groups (broad SMARTS) is 1. The van der Waals surface area contributed by atoms with Crippen LogP contribution in [0.4, 0.5) is 10.5 Å². The van der Waals surface area contributed by atoms with Gasteiger partial charge in [-0.15, -0.1) is 0 Å². The highest BCUT2D eigenvalue weighted by Gasteiger charge is 2.22. The molecule has 1 rings (SSSR count). The predicted octanol–water partition coefficient (Wildman–Crippen LogP) is 2.85. The quantitative estimate of drug-likeness (QED) is 0.721. The average molecular weight is 294 g/mol. The highest BCUT2D eigenvalue weighted by Crippen LogP contribution is 2.24. The van der Waals surface area contributed by atoms with Crippen LogP contribution in [0.3, 0.4) is 0 Å². The number of anilines is 1. The van der Waals surface area contributed by atoms with Crippen molar-refractivity contribution in [3.8, 4) is 5.75 Å². The van der Waals surface area contributed by atoms with E-state index in [1.807, 2.05) is 20.8 Å². The molecular formula is C15H22N2O4. The second kappa shape index (κ2) is 7.52. The number of hydrogen-bond acceptors (Lipinski definition) is 3. The number of urea groups is 1. The lowest BCUT2D eigenvalue weighted by Gasteiger charge is -2.28. The van der Waals surface area contributed by atoms with E-state index in [1.54, 1.807) is 24.3 Å². The first-order chi connectivity index (χ1) is 9.90. The summed E-state index contributed by atoms with van der Waals surface area (Å²) >= 11 is 0. The number of benzene rings is 1. The van der Waals surface area contributed by atoms with Gasteiger partial charge in [0.05, 0.1) is 5.69 Å². The number of rotatable bonds is 7. The van der Waals surface area contributed by atoms with Crippen LogP contribution in [0, 0.1) is 0 Å². The molecule has 6 heteroatoms. The Morgan fingerprint density at radius 2 is 1.86 bits per heavy atom. The predicted molar refractivity (Wildman–Crippen MR) is 80.7 cm³/mol. The summed E-state index contributed by atoms with van der Waals surface area (Å²) in [6.45, 7) is 5.53. The lowest BCUT2D eigenvalue weighted by atomic mass is 9.96. The summed E-state index contributed by atoms with van der Waals surface area (Å²) in [6, 6.07) is 6.38. The monoisotopic (exact) mass is 294 g/mol. The summed E-state index contributed by atoms with van der Waals surface area (Å²) in [7, 11) is 0. The van der Waals surface area contributed by atoms with Crippen molar-refractivity contribution in [1.82, 2.24) is 5.32 Å². The van der Waals surface area contributed by atoms with Gasteiger partial charge < -0.3 is 20.5 Å². The zero-order chi connectivity index (χ0) is 15.9. The third-order valence-corrected chi connectivity index (χ3v) is 3.46. The molecule has 0 aliphatic carbocycles. The van der Waals surface area contributed by atoms with Crippen LogP contribution in [0.5, 0.6) is 5.75 Å². The fourth-order valence-corrected chi connectivity index (χ4v) is 1.69. The molecule has 6 nitrogen and oxygen atoms in total. The number of amides is 2. The lowest BCUT2D eigenvalue weighted by Crippen LogP contribution is -2.46. The van der Waals surface area contributed by atoms with Gasteiger partial charge in [-0.1, -0.05) is 26.0 Å². The summed E-state index contributed by atoms with van der Waals surface area (Å²) in [6.07, 6.45) is 1.63. The van der Waals surface area contributed by atoms with Crippen molar-refractivity contribution in [1.29, 1.82) is 0 Å². The Bertz CT molecular complexity index is 498. The third kappa shape index (κ3) is 5.33. The number of para-hydroxylation sites is 2. The van der Waals surface area contributed by atoms with Crippen LogP contribution in [-0.4, -0.2) is 29.3 Å². The number of hydrogen-bond donors (Lipinski definition) is 3. The van der Waals surface area contributed by atoms with Gasteiger partial charge in [-0.05, 0) is 31.9 Å². The fraction of sp³-hybridized carbons (Fsp3) is 0.467. The fourth-order valence-electron chi connectivity index (χ4n) is 1.69. The number of carbonyl (C=O) groups excluding carboxylic acids is 1. The van der Waals surface area contributed by atoms with Crippen LogP contribution in [0.2, 0.25) is 0 Å². The highest BCUT2D eigenvalue weighted by molar-refractivity contribution is 5.91. The molecule has 21 heavy (non-hydrogen) atoms. The van der Waals surface area contributed by atoms with Gasteiger partial charge in [0.1, 0.15) is 5.75 Å². The standard InChI is InChI=1S/C15H22N2O4/c1-4-15(3,5-2)17-14(20)16-11-8-6-7-9-12(11)21-10-13(18)19/h6-9H,4-5,10H2,1-3H3,(H,18,19)(H2,16,17,20). The second-order valence-corrected chi connectivity index (χ2v) is 5.03. The Kier molecular flexibility index (Phi) is 6.02. The Morgan fingerprint density at radius 1 is 1.24 bits per heavy atom. The van der Waals surface area contributed by atoms with E-state index in [2.05, 4.69) is 10.6 Å². The largest absolute Gasteiger partial charge is 0.480 e. The molecule has 1 aromatic carbocycles. The number of carboxylic acids is 1. The molecule has 116 valence electrons. The molecule has 0 aromatic heterocycles. The first-order valence-electron chi connectivity index (χ1n) is 6.93. The first kappa shape index (κ1) is 16.8. The average Bonchev–Trinajstić information content (AvgIpc) is 2.46. The maximum absolute atomic E-state index is 12.0. The van der Waals surface area contributed by atoms with Gasteiger partial charge in [0.25, 0.3) is 0 Å². The Hall–Kier alpha value is -2.24. The molecule has 3 N–H and O–H groups in total. The van der Waals surface area contributed by atoms with Gasteiger partial charge in [0.15, 0.2) is 6.61 Å². The second-order valence-electron chi connectivity index (χ2n) is 5.03. The molecule has 0 fully saturated rings. The van der Waals surface area contributed by atoms with Gasteiger partial charge in [0, 0.05) is 5.54 Å². The van der Waals surface area contributed by atoms with E-state index < -0.39 is 12.6 Å². The van der Waals surface area contributed by atoms with Crippen molar-refractivity contribution in [2.75, 3.05) is 11.9 Å². The van der Waals surface area contributed by atoms with E-state index in [-0.39, 0.29) is 11.6 Å². The molecule has 0 unspecified atom stereocenters. The van der Waals surface area contributed by atoms with Crippen LogP contribution < -0.4 is 15.4 Å². The van der Waals surface area contributed by atoms with Gasteiger partial charge >= 0.3 is 12.0 Å². The minimum absolute atomic E-state index is 0.277. The normalized spacial score (nSPS) is 10.8. The zero-order valence-corrected chi connectivity index (χ0v) is 12.6. The maximum Gasteiger partial charge on any atom is 0.341 e. The van der Waals surface area contributed by atoms with Crippen molar-refractivity contribution in [2.24, 2.45) is 0 Å². The number of aliphatic carboxylic acids is 1. The van der Waals surface area contributed by atoms with E-state index in [0.29, 0.717) is 11.4 Å². The molecule has 1 aromatic rings. The summed E-state index contributed by atoms with van der Waals surface area (Å²) < 4.78 is 5.14. The molecular weight excluding hydrogens is 272 g/mol. The number of nitrogens with one attached hydrogen (secondary N) is 2. The molecule has 0 aliphatic rings. The van der Waals surface area contributed by atoms with Gasteiger partial charge in [-0.25, -0.2) is 9.59 Å². The van der Waals surface area contributed by atoms with E-state index >= 15 is 0 Å².